The van der Waals surface area contributed by atoms with Crippen molar-refractivity contribution in [1.82, 2.24) is 9.55 Å². The first-order valence-corrected chi connectivity index (χ1v) is 8.37. The van der Waals surface area contributed by atoms with Crippen molar-refractivity contribution in [3.05, 3.63) is 54.5 Å². The molecule has 3 rings (SSSR count). The van der Waals surface area contributed by atoms with E-state index in [0.29, 0.717) is 5.69 Å². The molecule has 0 fully saturated rings. The maximum atomic E-state index is 12.9. The van der Waals surface area contributed by atoms with Gasteiger partial charge in [0.2, 0.25) is 0 Å². The molecule has 6 heteroatoms. The van der Waals surface area contributed by atoms with Gasteiger partial charge in [-0.25, -0.2) is 0 Å². The quantitative estimate of drug-likeness (QED) is 0.584. The molecule has 2 heterocycles. The van der Waals surface area contributed by atoms with Crippen molar-refractivity contribution in [3.8, 4) is 5.69 Å². The van der Waals surface area contributed by atoms with Crippen LogP contribution in [0, 0.1) is 0 Å². The number of unbranched alkanes of at least 4 members (excludes halogenated alkanes) is 2. The van der Waals surface area contributed by atoms with Crippen molar-refractivity contribution in [2.24, 2.45) is 0 Å². The Bertz CT molecular complexity index is 852. The third-order valence-corrected chi connectivity index (χ3v) is 4.11. The van der Waals surface area contributed by atoms with E-state index in [0.717, 1.165) is 35.6 Å². The molecule has 1 aromatic carbocycles. The fraction of sp³-hybridized carbons (Fsp3) is 0.316. The van der Waals surface area contributed by atoms with E-state index in [1.54, 1.807) is 16.8 Å². The number of nitrogens with zero attached hydrogens (tertiary/aromatic N) is 2. The highest BCUT2D eigenvalue weighted by Gasteiger charge is 2.32. The number of pyridine rings is 1. The Morgan fingerprint density at radius 1 is 1.08 bits per heavy atom. The summed E-state index contributed by atoms with van der Waals surface area (Å²) in [4.78, 5) is 3.42. The minimum absolute atomic E-state index is 0.445. The van der Waals surface area contributed by atoms with E-state index in [1.807, 2.05) is 24.3 Å². The molecule has 0 saturated carbocycles. The maximum absolute atomic E-state index is 12.9. The van der Waals surface area contributed by atoms with Gasteiger partial charge in [-0.2, -0.15) is 13.2 Å². The van der Waals surface area contributed by atoms with Crippen LogP contribution < -0.4 is 5.32 Å². The van der Waals surface area contributed by atoms with Gasteiger partial charge in [0, 0.05) is 35.7 Å². The predicted octanol–water partition coefficient (Wildman–Crippen LogP) is 5.65. The highest BCUT2D eigenvalue weighted by atomic mass is 19.4. The summed E-state index contributed by atoms with van der Waals surface area (Å²) >= 11 is 0. The Kier molecular flexibility index (Phi) is 4.97. The van der Waals surface area contributed by atoms with E-state index < -0.39 is 11.9 Å². The normalized spacial score (nSPS) is 11.8. The van der Waals surface area contributed by atoms with Crippen LogP contribution in [0.15, 0.2) is 48.8 Å². The largest absolute Gasteiger partial charge is 0.433 e. The Labute approximate surface area is 144 Å². The average Bonchev–Trinajstić information content (AvgIpc) is 3.01. The molecule has 0 saturated heterocycles. The number of hydrogen-bond acceptors (Lipinski definition) is 2. The summed E-state index contributed by atoms with van der Waals surface area (Å²) in [6.07, 6.45) is 2.00. The van der Waals surface area contributed by atoms with Gasteiger partial charge >= 0.3 is 6.18 Å². The lowest BCUT2D eigenvalue weighted by atomic mass is 10.2. The van der Waals surface area contributed by atoms with Crippen LogP contribution in [0.2, 0.25) is 0 Å². The molecule has 0 amide bonds. The summed E-state index contributed by atoms with van der Waals surface area (Å²) in [5, 5.41) is 4.36. The number of aromatic nitrogens is 2. The lowest BCUT2D eigenvalue weighted by Gasteiger charge is -2.10. The van der Waals surface area contributed by atoms with Crippen LogP contribution >= 0.6 is 0 Å². The van der Waals surface area contributed by atoms with E-state index >= 15 is 0 Å². The van der Waals surface area contributed by atoms with Crippen molar-refractivity contribution in [1.29, 1.82) is 0 Å². The molecule has 3 aromatic rings. The molecular formula is C19H20F3N3. The van der Waals surface area contributed by atoms with Gasteiger partial charge in [-0.3, -0.25) is 4.98 Å². The van der Waals surface area contributed by atoms with Crippen LogP contribution in [0.1, 0.15) is 31.9 Å². The number of anilines is 1. The van der Waals surface area contributed by atoms with Crippen LogP contribution in [-0.4, -0.2) is 16.1 Å². The second-order valence-corrected chi connectivity index (χ2v) is 5.99. The molecule has 2 aromatic heterocycles. The third-order valence-electron chi connectivity index (χ3n) is 4.11. The molecular weight excluding hydrogens is 327 g/mol. The first-order valence-electron chi connectivity index (χ1n) is 8.37. The molecule has 0 spiro atoms. The van der Waals surface area contributed by atoms with E-state index in [4.69, 9.17) is 0 Å². The summed E-state index contributed by atoms with van der Waals surface area (Å²) in [5.74, 6) is 0. The van der Waals surface area contributed by atoms with Gasteiger partial charge in [-0.15, -0.1) is 0 Å². The lowest BCUT2D eigenvalue weighted by molar-refractivity contribution is -0.141. The van der Waals surface area contributed by atoms with Crippen LogP contribution in [0.3, 0.4) is 0 Å². The van der Waals surface area contributed by atoms with Crippen molar-refractivity contribution in [3.63, 3.8) is 0 Å². The fourth-order valence-corrected chi connectivity index (χ4v) is 2.81. The lowest BCUT2D eigenvalue weighted by Crippen LogP contribution is -2.08. The van der Waals surface area contributed by atoms with Crippen molar-refractivity contribution in [2.45, 2.75) is 32.4 Å². The van der Waals surface area contributed by atoms with Gasteiger partial charge in [0.25, 0.3) is 0 Å². The molecule has 0 atom stereocenters. The van der Waals surface area contributed by atoms with Crippen LogP contribution in [-0.2, 0) is 6.18 Å². The zero-order valence-corrected chi connectivity index (χ0v) is 14.0. The number of nitrogens with one attached hydrogen (secondary N) is 1. The second-order valence-electron chi connectivity index (χ2n) is 5.99. The molecule has 25 heavy (non-hydrogen) atoms. The molecule has 0 radical (unpaired) electrons. The Morgan fingerprint density at radius 2 is 1.92 bits per heavy atom. The molecule has 132 valence electrons. The standard InChI is InChI=1S/C19H20F3N3/c1-2-3-4-9-23-15-5-6-17-14(12-15)8-11-25(17)16-7-10-24-18(13-16)19(20,21)22/h5-8,10-13,23H,2-4,9H2,1H3. The highest BCUT2D eigenvalue weighted by Crippen LogP contribution is 2.30. The Balaban J connectivity index is 1.86. The molecule has 0 aliphatic carbocycles. The highest BCUT2D eigenvalue weighted by molar-refractivity contribution is 5.85. The van der Waals surface area contributed by atoms with Gasteiger partial charge < -0.3 is 9.88 Å². The smallest absolute Gasteiger partial charge is 0.385 e. The van der Waals surface area contributed by atoms with Crippen LogP contribution in [0.5, 0.6) is 0 Å². The fourth-order valence-electron chi connectivity index (χ4n) is 2.81. The maximum Gasteiger partial charge on any atom is 0.433 e. The molecule has 0 bridgehead atoms. The average molecular weight is 347 g/mol. The molecule has 3 nitrogen and oxygen atoms in total. The molecule has 0 unspecified atom stereocenters. The van der Waals surface area contributed by atoms with Crippen LogP contribution in [0.4, 0.5) is 18.9 Å². The third kappa shape index (κ3) is 3.95. The van der Waals surface area contributed by atoms with Gasteiger partial charge in [-0.1, -0.05) is 19.8 Å². The number of halogens is 3. The molecule has 0 aliphatic heterocycles. The zero-order valence-electron chi connectivity index (χ0n) is 14.0. The Morgan fingerprint density at radius 3 is 2.68 bits per heavy atom. The van der Waals surface area contributed by atoms with Gasteiger partial charge in [0.15, 0.2) is 0 Å². The van der Waals surface area contributed by atoms with Crippen LogP contribution in [0.25, 0.3) is 16.6 Å². The first-order chi connectivity index (χ1) is 12.0. The van der Waals surface area contributed by atoms with E-state index in [2.05, 4.69) is 17.2 Å². The van der Waals surface area contributed by atoms with Crippen molar-refractivity contribution in [2.75, 3.05) is 11.9 Å². The number of benzene rings is 1. The van der Waals surface area contributed by atoms with E-state index in [9.17, 15) is 13.2 Å². The first kappa shape index (κ1) is 17.3. The number of rotatable bonds is 6. The Hall–Kier alpha value is -2.50. The SMILES string of the molecule is CCCCCNc1ccc2c(ccn2-c2ccnc(C(F)(F)F)c2)c1. The van der Waals surface area contributed by atoms with Gasteiger partial charge in [0.1, 0.15) is 5.69 Å². The topological polar surface area (TPSA) is 29.9 Å². The minimum Gasteiger partial charge on any atom is -0.385 e. The number of hydrogen-bond donors (Lipinski definition) is 1. The monoisotopic (exact) mass is 347 g/mol. The number of alkyl halides is 3. The van der Waals surface area contributed by atoms with Crippen molar-refractivity contribution >= 4 is 16.6 Å². The van der Waals surface area contributed by atoms with Crippen molar-refractivity contribution < 1.29 is 13.2 Å². The summed E-state index contributed by atoms with van der Waals surface area (Å²) in [6.45, 7) is 3.08. The minimum atomic E-state index is -4.45. The summed E-state index contributed by atoms with van der Waals surface area (Å²) in [6, 6.07) is 10.4. The predicted molar refractivity (Wildman–Crippen MR) is 94.1 cm³/mol. The zero-order chi connectivity index (χ0) is 17.9. The number of fused-ring (bicyclic) bond motifs is 1. The summed E-state index contributed by atoms with van der Waals surface area (Å²) in [5.41, 5.74) is 1.44. The van der Waals surface area contributed by atoms with Gasteiger partial charge in [-0.05, 0) is 42.8 Å². The summed E-state index contributed by atoms with van der Waals surface area (Å²) < 4.78 is 40.4. The second kappa shape index (κ2) is 7.17. The summed E-state index contributed by atoms with van der Waals surface area (Å²) in [7, 11) is 0. The van der Waals surface area contributed by atoms with E-state index in [1.165, 1.54) is 19.0 Å². The molecule has 1 N–H and O–H groups in total. The van der Waals surface area contributed by atoms with E-state index in [-0.39, 0.29) is 0 Å². The van der Waals surface area contributed by atoms with Gasteiger partial charge in [0.05, 0.1) is 5.52 Å². The molecule has 0 aliphatic rings.